The summed E-state index contributed by atoms with van der Waals surface area (Å²) in [5, 5.41) is 18.3. The van der Waals surface area contributed by atoms with E-state index in [1.165, 1.54) is 0 Å². The largest absolute Gasteiger partial charge is 0.355 e. The molecule has 0 bridgehead atoms. The standard InChI is InChI=1S/C21H23N7O2/c29-20(24-17-5-6-17)14-1-3-16(4-2-14)23-21(30)15-9-11-27(12-10-15)19-8-7-18-25-22-13-28(18)26-19/h1-4,7-8,13,15,17H,5-6,9-12H2,(H,23,30)(H,24,29). The van der Waals surface area contributed by atoms with E-state index in [9.17, 15) is 9.59 Å². The molecule has 154 valence electrons. The molecule has 2 amide bonds. The van der Waals surface area contributed by atoms with Crippen LogP contribution in [0.2, 0.25) is 0 Å². The van der Waals surface area contributed by atoms with Crippen LogP contribution >= 0.6 is 0 Å². The number of nitrogens with zero attached hydrogens (tertiary/aromatic N) is 5. The van der Waals surface area contributed by atoms with Gasteiger partial charge in [0.2, 0.25) is 5.91 Å². The van der Waals surface area contributed by atoms with Crippen molar-refractivity contribution in [1.29, 1.82) is 0 Å². The molecule has 2 N–H and O–H groups in total. The fraction of sp³-hybridized carbons (Fsp3) is 0.381. The van der Waals surface area contributed by atoms with Crippen LogP contribution in [0.5, 0.6) is 0 Å². The van der Waals surface area contributed by atoms with Gasteiger partial charge in [-0.1, -0.05) is 0 Å². The average molecular weight is 405 g/mol. The van der Waals surface area contributed by atoms with E-state index in [1.807, 2.05) is 12.1 Å². The van der Waals surface area contributed by atoms with Crippen molar-refractivity contribution in [2.24, 2.45) is 5.92 Å². The summed E-state index contributed by atoms with van der Waals surface area (Å²) in [5.74, 6) is 0.784. The molecule has 0 unspecified atom stereocenters. The highest BCUT2D eigenvalue weighted by Crippen LogP contribution is 2.24. The molecule has 1 aliphatic heterocycles. The predicted molar refractivity (Wildman–Crippen MR) is 111 cm³/mol. The number of carbonyl (C=O) groups is 2. The fourth-order valence-corrected chi connectivity index (χ4v) is 3.70. The number of amides is 2. The molecule has 0 atom stereocenters. The molecule has 1 aromatic carbocycles. The molecule has 30 heavy (non-hydrogen) atoms. The molecule has 2 fully saturated rings. The van der Waals surface area contributed by atoms with Crippen molar-refractivity contribution in [3.63, 3.8) is 0 Å². The molecule has 1 saturated heterocycles. The maximum absolute atomic E-state index is 12.7. The van der Waals surface area contributed by atoms with Crippen LogP contribution in [0.4, 0.5) is 11.5 Å². The lowest BCUT2D eigenvalue weighted by Crippen LogP contribution is -2.38. The summed E-state index contributed by atoms with van der Waals surface area (Å²) in [5.41, 5.74) is 2.04. The Morgan fingerprint density at radius 1 is 0.967 bits per heavy atom. The molecule has 2 aromatic heterocycles. The molecule has 0 radical (unpaired) electrons. The quantitative estimate of drug-likeness (QED) is 0.672. The van der Waals surface area contributed by atoms with E-state index in [2.05, 4.69) is 30.8 Å². The average Bonchev–Trinajstić information content (AvgIpc) is 3.46. The van der Waals surface area contributed by atoms with E-state index in [4.69, 9.17) is 0 Å². The number of anilines is 2. The number of aromatic nitrogens is 4. The number of hydrogen-bond donors (Lipinski definition) is 2. The minimum atomic E-state index is -0.0546. The lowest BCUT2D eigenvalue weighted by molar-refractivity contribution is -0.120. The molecule has 9 heteroatoms. The second-order valence-corrected chi connectivity index (χ2v) is 7.90. The molecular formula is C21H23N7O2. The molecule has 0 spiro atoms. The summed E-state index contributed by atoms with van der Waals surface area (Å²) < 4.78 is 1.66. The summed E-state index contributed by atoms with van der Waals surface area (Å²) in [4.78, 5) is 26.9. The van der Waals surface area contributed by atoms with Crippen LogP contribution in [0, 0.1) is 5.92 Å². The molecule has 2 aliphatic rings. The summed E-state index contributed by atoms with van der Waals surface area (Å²) in [6.45, 7) is 1.53. The molecule has 5 rings (SSSR count). The topological polar surface area (TPSA) is 105 Å². The lowest BCUT2D eigenvalue weighted by Gasteiger charge is -2.32. The SMILES string of the molecule is O=C(NC1CC1)c1ccc(NC(=O)C2CCN(c3ccc4nncn4n3)CC2)cc1. The number of nitrogens with one attached hydrogen (secondary N) is 2. The van der Waals surface area contributed by atoms with Gasteiger partial charge in [-0.2, -0.15) is 4.52 Å². The van der Waals surface area contributed by atoms with E-state index in [0.717, 1.165) is 44.6 Å². The Morgan fingerprint density at radius 3 is 2.47 bits per heavy atom. The summed E-state index contributed by atoms with van der Waals surface area (Å²) in [6, 6.07) is 11.2. The predicted octanol–water partition coefficient (Wildman–Crippen LogP) is 1.87. The molecular weight excluding hydrogens is 382 g/mol. The Kier molecular flexibility index (Phi) is 4.78. The van der Waals surface area contributed by atoms with Crippen LogP contribution in [0.15, 0.2) is 42.7 Å². The van der Waals surface area contributed by atoms with Crippen molar-refractivity contribution in [2.75, 3.05) is 23.3 Å². The van der Waals surface area contributed by atoms with Gasteiger partial charge in [0.05, 0.1) is 0 Å². The number of carbonyl (C=O) groups excluding carboxylic acids is 2. The second-order valence-electron chi connectivity index (χ2n) is 7.90. The van der Waals surface area contributed by atoms with Crippen molar-refractivity contribution in [3.05, 3.63) is 48.3 Å². The van der Waals surface area contributed by atoms with Gasteiger partial charge in [-0.15, -0.1) is 15.3 Å². The summed E-state index contributed by atoms with van der Waals surface area (Å²) in [7, 11) is 0. The Hall–Kier alpha value is -3.49. The van der Waals surface area contributed by atoms with E-state index in [0.29, 0.717) is 22.9 Å². The lowest BCUT2D eigenvalue weighted by atomic mass is 9.95. The van der Waals surface area contributed by atoms with Crippen LogP contribution in [0.1, 0.15) is 36.0 Å². The van der Waals surface area contributed by atoms with Crippen LogP contribution in [0.3, 0.4) is 0 Å². The third-order valence-electron chi connectivity index (χ3n) is 5.66. The van der Waals surface area contributed by atoms with E-state index < -0.39 is 0 Å². The van der Waals surface area contributed by atoms with Gasteiger partial charge in [-0.05, 0) is 62.1 Å². The van der Waals surface area contributed by atoms with E-state index >= 15 is 0 Å². The third kappa shape index (κ3) is 3.96. The van der Waals surface area contributed by atoms with Gasteiger partial charge in [0.1, 0.15) is 12.1 Å². The highest BCUT2D eigenvalue weighted by molar-refractivity contribution is 5.96. The van der Waals surface area contributed by atoms with Gasteiger partial charge >= 0.3 is 0 Å². The Morgan fingerprint density at radius 2 is 1.73 bits per heavy atom. The first kappa shape index (κ1) is 18.5. The minimum Gasteiger partial charge on any atom is -0.355 e. The van der Waals surface area contributed by atoms with Crippen LogP contribution in [0.25, 0.3) is 5.65 Å². The Balaban J connectivity index is 1.15. The number of benzene rings is 1. The molecule has 1 aliphatic carbocycles. The maximum atomic E-state index is 12.7. The van der Waals surface area contributed by atoms with Crippen molar-refractivity contribution in [2.45, 2.75) is 31.7 Å². The first-order chi connectivity index (χ1) is 14.7. The molecule has 1 saturated carbocycles. The summed E-state index contributed by atoms with van der Waals surface area (Å²) >= 11 is 0. The van der Waals surface area contributed by atoms with Crippen LogP contribution in [-0.2, 0) is 4.79 Å². The van der Waals surface area contributed by atoms with Gasteiger partial charge in [-0.25, -0.2) is 0 Å². The minimum absolute atomic E-state index is 0.0204. The Bertz CT molecular complexity index is 1070. The van der Waals surface area contributed by atoms with Gasteiger partial charge in [0.15, 0.2) is 5.65 Å². The number of rotatable bonds is 5. The number of hydrogen-bond acceptors (Lipinski definition) is 6. The maximum Gasteiger partial charge on any atom is 0.251 e. The van der Waals surface area contributed by atoms with Gasteiger partial charge < -0.3 is 15.5 Å². The van der Waals surface area contributed by atoms with Crippen molar-refractivity contribution in [1.82, 2.24) is 25.1 Å². The highest BCUT2D eigenvalue weighted by Gasteiger charge is 2.26. The van der Waals surface area contributed by atoms with Crippen LogP contribution < -0.4 is 15.5 Å². The van der Waals surface area contributed by atoms with Crippen molar-refractivity contribution >= 4 is 29.0 Å². The molecule has 9 nitrogen and oxygen atoms in total. The van der Waals surface area contributed by atoms with Gasteiger partial charge in [-0.3, -0.25) is 9.59 Å². The van der Waals surface area contributed by atoms with Gasteiger partial charge in [0, 0.05) is 36.3 Å². The van der Waals surface area contributed by atoms with E-state index in [1.54, 1.807) is 35.1 Å². The zero-order valence-corrected chi connectivity index (χ0v) is 16.5. The van der Waals surface area contributed by atoms with Crippen molar-refractivity contribution in [3.8, 4) is 0 Å². The molecule has 3 aromatic rings. The molecule has 3 heterocycles. The highest BCUT2D eigenvalue weighted by atomic mass is 16.2. The Labute approximate surface area is 173 Å². The third-order valence-corrected chi connectivity index (χ3v) is 5.66. The normalized spacial score (nSPS) is 17.1. The number of fused-ring (bicyclic) bond motifs is 1. The van der Waals surface area contributed by atoms with Gasteiger partial charge in [0.25, 0.3) is 5.91 Å². The fourth-order valence-electron chi connectivity index (χ4n) is 3.70. The monoisotopic (exact) mass is 405 g/mol. The van der Waals surface area contributed by atoms with E-state index in [-0.39, 0.29) is 17.7 Å². The first-order valence-corrected chi connectivity index (χ1v) is 10.3. The second kappa shape index (κ2) is 7.74. The van der Waals surface area contributed by atoms with Crippen molar-refractivity contribution < 1.29 is 9.59 Å². The van der Waals surface area contributed by atoms with Crippen LogP contribution in [-0.4, -0.2) is 50.8 Å². The zero-order valence-electron chi connectivity index (χ0n) is 16.5. The number of piperidine rings is 1. The summed E-state index contributed by atoms with van der Waals surface area (Å²) in [6.07, 6.45) is 5.22. The zero-order chi connectivity index (χ0) is 20.5. The smallest absolute Gasteiger partial charge is 0.251 e. The first-order valence-electron chi connectivity index (χ1n) is 10.3.